The second kappa shape index (κ2) is 9.32. The van der Waals surface area contributed by atoms with Gasteiger partial charge in [-0.2, -0.15) is 4.31 Å². The average Bonchev–Trinajstić information content (AvgIpc) is 2.73. The van der Waals surface area contributed by atoms with Gasteiger partial charge in [0.2, 0.25) is 15.9 Å². The topological polar surface area (TPSA) is 75.7 Å². The summed E-state index contributed by atoms with van der Waals surface area (Å²) in [4.78, 5) is 12.3. The molecule has 1 aliphatic rings. The van der Waals surface area contributed by atoms with E-state index in [0.717, 1.165) is 11.1 Å². The Morgan fingerprint density at radius 1 is 1.00 bits per heavy atom. The number of rotatable bonds is 7. The van der Waals surface area contributed by atoms with Gasteiger partial charge in [-0.25, -0.2) is 8.42 Å². The number of morpholine rings is 1. The molecular weight excluding hydrogens is 376 g/mol. The Bertz CT molecular complexity index is 887. The summed E-state index contributed by atoms with van der Waals surface area (Å²) in [6, 6.07) is 14.8. The highest BCUT2D eigenvalue weighted by Crippen LogP contribution is 2.18. The monoisotopic (exact) mass is 402 g/mol. The Labute approximate surface area is 166 Å². The van der Waals surface area contributed by atoms with Crippen molar-refractivity contribution in [3.05, 3.63) is 65.2 Å². The van der Waals surface area contributed by atoms with Gasteiger partial charge in [-0.1, -0.05) is 42.0 Å². The van der Waals surface area contributed by atoms with Crippen LogP contribution in [-0.4, -0.2) is 44.9 Å². The lowest BCUT2D eigenvalue weighted by molar-refractivity contribution is -0.121. The number of ether oxygens (including phenoxy) is 1. The molecule has 0 saturated carbocycles. The highest BCUT2D eigenvalue weighted by Gasteiger charge is 2.26. The van der Waals surface area contributed by atoms with Crippen LogP contribution in [0.5, 0.6) is 0 Å². The second-order valence-electron chi connectivity index (χ2n) is 6.92. The number of nitrogens with one attached hydrogen (secondary N) is 1. The van der Waals surface area contributed by atoms with Crippen LogP contribution < -0.4 is 5.32 Å². The summed E-state index contributed by atoms with van der Waals surface area (Å²) in [6.07, 6.45) is 0.930. The third-order valence-electron chi connectivity index (χ3n) is 4.78. The summed E-state index contributed by atoms with van der Waals surface area (Å²) < 4.78 is 31.9. The molecule has 28 heavy (non-hydrogen) atoms. The maximum Gasteiger partial charge on any atom is 0.243 e. The molecule has 2 aromatic carbocycles. The molecule has 0 aliphatic carbocycles. The molecule has 3 rings (SSSR count). The average molecular weight is 403 g/mol. The third kappa shape index (κ3) is 5.41. The van der Waals surface area contributed by atoms with E-state index in [2.05, 4.69) is 5.32 Å². The molecule has 2 aromatic rings. The van der Waals surface area contributed by atoms with Crippen molar-refractivity contribution in [1.82, 2.24) is 9.62 Å². The molecule has 7 heteroatoms. The van der Waals surface area contributed by atoms with Crippen LogP contribution in [0, 0.1) is 6.92 Å². The van der Waals surface area contributed by atoms with Crippen LogP contribution in [-0.2, 0) is 32.5 Å². The lowest BCUT2D eigenvalue weighted by Crippen LogP contribution is -2.40. The Morgan fingerprint density at radius 3 is 2.25 bits per heavy atom. The summed E-state index contributed by atoms with van der Waals surface area (Å²) in [5.74, 6) is -0.0226. The summed E-state index contributed by atoms with van der Waals surface area (Å²) in [5, 5.41) is 2.91. The SMILES string of the molecule is Cc1ccc(CNC(=O)CCc2ccc(S(=O)(=O)N3CCOCC3)cc2)cc1. The van der Waals surface area contributed by atoms with Gasteiger partial charge in [0, 0.05) is 26.1 Å². The van der Waals surface area contributed by atoms with Crippen molar-refractivity contribution in [2.24, 2.45) is 0 Å². The van der Waals surface area contributed by atoms with E-state index in [4.69, 9.17) is 4.74 Å². The predicted molar refractivity (Wildman–Crippen MR) is 107 cm³/mol. The standard InChI is InChI=1S/C21H26N2O4S/c1-17-2-4-19(5-3-17)16-22-21(24)11-8-18-6-9-20(10-7-18)28(25,26)23-12-14-27-15-13-23/h2-7,9-10H,8,11-16H2,1H3,(H,22,24). The van der Waals surface area contributed by atoms with Gasteiger partial charge in [-0.05, 0) is 36.6 Å². The van der Waals surface area contributed by atoms with Crippen LogP contribution >= 0.6 is 0 Å². The molecule has 0 spiro atoms. The highest BCUT2D eigenvalue weighted by atomic mass is 32.2. The molecular formula is C21H26N2O4S. The summed E-state index contributed by atoms with van der Waals surface area (Å²) in [5.41, 5.74) is 3.19. The highest BCUT2D eigenvalue weighted by molar-refractivity contribution is 7.89. The van der Waals surface area contributed by atoms with Gasteiger partial charge in [-0.15, -0.1) is 0 Å². The molecule has 0 bridgehead atoms. The van der Waals surface area contributed by atoms with Crippen LogP contribution in [0.1, 0.15) is 23.1 Å². The van der Waals surface area contributed by atoms with Gasteiger partial charge in [0.25, 0.3) is 0 Å². The minimum Gasteiger partial charge on any atom is -0.379 e. The first-order valence-electron chi connectivity index (χ1n) is 9.44. The number of hydrogen-bond donors (Lipinski definition) is 1. The van der Waals surface area contributed by atoms with Crippen LogP contribution in [0.2, 0.25) is 0 Å². The van der Waals surface area contributed by atoms with E-state index in [-0.39, 0.29) is 10.8 Å². The Balaban J connectivity index is 1.49. The molecule has 0 radical (unpaired) electrons. The third-order valence-corrected chi connectivity index (χ3v) is 6.70. The molecule has 1 amide bonds. The molecule has 150 valence electrons. The van der Waals surface area contributed by atoms with Gasteiger partial charge < -0.3 is 10.1 Å². The van der Waals surface area contributed by atoms with Gasteiger partial charge >= 0.3 is 0 Å². The maximum absolute atomic E-state index is 12.6. The van der Waals surface area contributed by atoms with Crippen molar-refractivity contribution >= 4 is 15.9 Å². The zero-order valence-electron chi connectivity index (χ0n) is 16.1. The number of amides is 1. The zero-order valence-corrected chi connectivity index (χ0v) is 16.9. The molecule has 1 saturated heterocycles. The van der Waals surface area contributed by atoms with Gasteiger partial charge in [0.15, 0.2) is 0 Å². The van der Waals surface area contributed by atoms with Crippen LogP contribution in [0.4, 0.5) is 0 Å². The van der Waals surface area contributed by atoms with E-state index in [1.54, 1.807) is 24.3 Å². The number of hydrogen-bond acceptors (Lipinski definition) is 4. The zero-order chi connectivity index (χ0) is 20.0. The molecule has 1 fully saturated rings. The fourth-order valence-corrected chi connectivity index (χ4v) is 4.42. The molecule has 6 nitrogen and oxygen atoms in total. The van der Waals surface area contributed by atoms with Gasteiger partial charge in [0.05, 0.1) is 18.1 Å². The first-order valence-corrected chi connectivity index (χ1v) is 10.9. The quantitative estimate of drug-likeness (QED) is 0.771. The van der Waals surface area contributed by atoms with Crippen molar-refractivity contribution in [2.45, 2.75) is 31.2 Å². The Kier molecular flexibility index (Phi) is 6.83. The van der Waals surface area contributed by atoms with Crippen molar-refractivity contribution in [3.63, 3.8) is 0 Å². The van der Waals surface area contributed by atoms with E-state index < -0.39 is 10.0 Å². The molecule has 0 aromatic heterocycles. The fraction of sp³-hybridized carbons (Fsp3) is 0.381. The van der Waals surface area contributed by atoms with Gasteiger partial charge in [-0.3, -0.25) is 4.79 Å². The fourth-order valence-electron chi connectivity index (χ4n) is 3.02. The van der Waals surface area contributed by atoms with Crippen LogP contribution in [0.15, 0.2) is 53.4 Å². The predicted octanol–water partition coefficient (Wildman–Crippen LogP) is 2.26. The van der Waals surface area contributed by atoms with Crippen LogP contribution in [0.25, 0.3) is 0 Å². The first-order chi connectivity index (χ1) is 13.4. The molecule has 0 unspecified atom stereocenters. The number of carbonyl (C=O) groups excluding carboxylic acids is 1. The van der Waals surface area contributed by atoms with Crippen LogP contribution in [0.3, 0.4) is 0 Å². The molecule has 1 N–H and O–H groups in total. The van der Waals surface area contributed by atoms with E-state index in [0.29, 0.717) is 45.7 Å². The normalized spacial score (nSPS) is 15.3. The number of sulfonamides is 1. The summed E-state index contributed by atoms with van der Waals surface area (Å²) in [7, 11) is -3.48. The van der Waals surface area contributed by atoms with Gasteiger partial charge in [0.1, 0.15) is 0 Å². The molecule has 0 atom stereocenters. The minimum atomic E-state index is -3.48. The first kappa shape index (κ1) is 20.5. The van der Waals surface area contributed by atoms with Crippen molar-refractivity contribution in [2.75, 3.05) is 26.3 Å². The Morgan fingerprint density at radius 2 is 1.61 bits per heavy atom. The Hall–Kier alpha value is -2.22. The lowest BCUT2D eigenvalue weighted by Gasteiger charge is -2.26. The largest absolute Gasteiger partial charge is 0.379 e. The molecule has 1 heterocycles. The number of aryl methyl sites for hydroxylation is 2. The smallest absolute Gasteiger partial charge is 0.243 e. The van der Waals surface area contributed by atoms with E-state index >= 15 is 0 Å². The number of benzene rings is 2. The second-order valence-corrected chi connectivity index (χ2v) is 8.86. The summed E-state index contributed by atoms with van der Waals surface area (Å²) >= 11 is 0. The van der Waals surface area contributed by atoms with Crippen molar-refractivity contribution in [1.29, 1.82) is 0 Å². The number of nitrogens with zero attached hydrogens (tertiary/aromatic N) is 1. The maximum atomic E-state index is 12.6. The number of carbonyl (C=O) groups is 1. The molecule has 1 aliphatic heterocycles. The van der Waals surface area contributed by atoms with Crippen molar-refractivity contribution in [3.8, 4) is 0 Å². The minimum absolute atomic E-state index is 0.0226. The van der Waals surface area contributed by atoms with E-state index in [1.807, 2.05) is 31.2 Å². The van der Waals surface area contributed by atoms with E-state index in [1.165, 1.54) is 9.87 Å². The van der Waals surface area contributed by atoms with Crippen molar-refractivity contribution < 1.29 is 17.9 Å². The lowest BCUT2D eigenvalue weighted by atomic mass is 10.1. The summed E-state index contributed by atoms with van der Waals surface area (Å²) in [6.45, 7) is 4.15. The van der Waals surface area contributed by atoms with E-state index in [9.17, 15) is 13.2 Å².